The normalized spacial score (nSPS) is 16.4. The van der Waals surface area contributed by atoms with Crippen molar-refractivity contribution in [2.24, 2.45) is 17.8 Å². The van der Waals surface area contributed by atoms with Crippen LogP contribution in [-0.2, 0) is 23.9 Å². The minimum atomic E-state index is -0.675. The second kappa shape index (κ2) is 24.4. The Balaban J connectivity index is 0.000000198. The Morgan fingerprint density at radius 1 is 0.660 bits per heavy atom. The zero-order valence-corrected chi connectivity index (χ0v) is 34.3. The van der Waals surface area contributed by atoms with Gasteiger partial charge in [-0.15, -0.1) is 0 Å². The number of carbonyl (C=O) groups excluding carboxylic acids is 2. The van der Waals surface area contributed by atoms with E-state index in [9.17, 15) is 14.4 Å². The standard InChI is InChI=1S/C14H18ClNO2.C12H14ClNO2.C8H15NO2.C6H4BrCl/c1-2-18-14(17)11-6-8-16(9-7-11)13-5-3-4-12(15)10-13;13-10-2-1-3-11(8-10)14-6-4-9(5-7-14)12(15)16;1-2-11-8(10)7-3-5-9-6-4-7;7-5-2-1-3-6(8)4-5/h3-5,10-11H,2,6-9H2,1H3;1-3,8-9H,4-7H2,(H,15,16);7,9H,2-6H2,1H3;1-4H. The van der Waals surface area contributed by atoms with E-state index in [1.165, 1.54) is 0 Å². The lowest BCUT2D eigenvalue weighted by molar-refractivity contribution is -0.149. The van der Waals surface area contributed by atoms with Gasteiger partial charge in [-0.2, -0.15) is 0 Å². The molecule has 6 rings (SSSR count). The minimum absolute atomic E-state index is 0.0194. The molecular weight excluding hydrogens is 805 g/mol. The van der Waals surface area contributed by atoms with Gasteiger partial charge in [-0.1, -0.05) is 68.9 Å². The van der Waals surface area contributed by atoms with Crippen molar-refractivity contribution in [2.45, 2.75) is 52.4 Å². The van der Waals surface area contributed by atoms with Crippen molar-refractivity contribution in [3.8, 4) is 0 Å². The molecule has 0 spiro atoms. The van der Waals surface area contributed by atoms with E-state index >= 15 is 0 Å². The zero-order chi connectivity index (χ0) is 38.6. The average molecular weight is 856 g/mol. The second-order valence-corrected chi connectivity index (χ2v) is 15.0. The van der Waals surface area contributed by atoms with E-state index in [0.29, 0.717) is 26.1 Å². The van der Waals surface area contributed by atoms with Crippen LogP contribution in [0, 0.1) is 17.8 Å². The van der Waals surface area contributed by atoms with Crippen molar-refractivity contribution in [3.05, 3.63) is 92.3 Å². The maximum Gasteiger partial charge on any atom is 0.309 e. The van der Waals surface area contributed by atoms with Crippen LogP contribution in [0.2, 0.25) is 15.1 Å². The second-order valence-electron chi connectivity index (χ2n) is 12.8. The molecule has 3 aliphatic rings. The SMILES string of the molecule is CCOC(=O)C1CCN(c2cccc(Cl)c2)CC1.CCOC(=O)C1CCNCC1.Clc1cccc(Br)c1.O=C(O)C1CCN(c2cccc(Cl)c2)CC1. The molecule has 3 saturated heterocycles. The summed E-state index contributed by atoms with van der Waals surface area (Å²) in [6.45, 7) is 9.89. The monoisotopic (exact) mass is 853 g/mol. The molecule has 290 valence electrons. The third kappa shape index (κ3) is 16.5. The van der Waals surface area contributed by atoms with E-state index < -0.39 is 5.97 Å². The molecule has 3 aromatic rings. The Kier molecular flexibility index (Phi) is 20.4. The summed E-state index contributed by atoms with van der Waals surface area (Å²) in [5, 5.41) is 14.3. The summed E-state index contributed by atoms with van der Waals surface area (Å²) >= 11 is 20.8. The summed E-state index contributed by atoms with van der Waals surface area (Å²) in [6.07, 6.45) is 4.98. The van der Waals surface area contributed by atoms with E-state index in [1.807, 2.05) is 80.6 Å². The van der Waals surface area contributed by atoms with Crippen LogP contribution in [0.15, 0.2) is 77.3 Å². The number of hydrogen-bond acceptors (Lipinski definition) is 8. The Morgan fingerprint density at radius 3 is 1.42 bits per heavy atom. The summed E-state index contributed by atoms with van der Waals surface area (Å²) in [6, 6.07) is 23.0. The number of anilines is 2. The van der Waals surface area contributed by atoms with Gasteiger partial charge in [-0.05, 0) is 120 Å². The molecule has 13 heteroatoms. The quantitative estimate of drug-likeness (QED) is 0.225. The van der Waals surface area contributed by atoms with Gasteiger partial charge in [0.05, 0.1) is 31.0 Å². The van der Waals surface area contributed by atoms with Crippen LogP contribution in [-0.4, -0.2) is 75.5 Å². The van der Waals surface area contributed by atoms with Crippen LogP contribution in [0.4, 0.5) is 11.4 Å². The van der Waals surface area contributed by atoms with Gasteiger partial charge in [0.15, 0.2) is 0 Å². The van der Waals surface area contributed by atoms with E-state index in [0.717, 1.165) is 95.9 Å². The van der Waals surface area contributed by atoms with Gasteiger partial charge in [-0.25, -0.2) is 0 Å². The largest absolute Gasteiger partial charge is 0.481 e. The number of halogens is 4. The van der Waals surface area contributed by atoms with Crippen molar-refractivity contribution in [1.82, 2.24) is 5.32 Å². The molecular formula is C40H51BrCl3N3O6. The predicted molar refractivity (Wildman–Crippen MR) is 218 cm³/mol. The van der Waals surface area contributed by atoms with E-state index in [1.54, 1.807) is 0 Å². The first-order chi connectivity index (χ1) is 25.5. The molecule has 0 aromatic heterocycles. The number of carbonyl (C=O) groups is 3. The van der Waals surface area contributed by atoms with E-state index in [-0.39, 0.29) is 29.7 Å². The van der Waals surface area contributed by atoms with Gasteiger partial charge >= 0.3 is 17.9 Å². The Labute approximate surface area is 337 Å². The van der Waals surface area contributed by atoms with Gasteiger partial charge in [0, 0.05) is 57.1 Å². The Bertz CT molecular complexity index is 1540. The molecule has 2 N–H and O–H groups in total. The third-order valence-electron chi connectivity index (χ3n) is 9.05. The summed E-state index contributed by atoms with van der Waals surface area (Å²) in [5.41, 5.74) is 2.21. The Morgan fingerprint density at radius 2 is 1.06 bits per heavy atom. The predicted octanol–water partition coefficient (Wildman–Crippen LogP) is 9.41. The highest BCUT2D eigenvalue weighted by Gasteiger charge is 2.26. The van der Waals surface area contributed by atoms with Crippen LogP contribution in [0.25, 0.3) is 0 Å². The molecule has 9 nitrogen and oxygen atoms in total. The molecule has 3 fully saturated rings. The van der Waals surface area contributed by atoms with Crippen LogP contribution in [0.5, 0.6) is 0 Å². The van der Waals surface area contributed by atoms with Crippen LogP contribution in [0.1, 0.15) is 52.4 Å². The first-order valence-electron chi connectivity index (χ1n) is 18.2. The molecule has 0 unspecified atom stereocenters. The van der Waals surface area contributed by atoms with Gasteiger partial charge in [0.1, 0.15) is 0 Å². The average Bonchev–Trinajstić information content (AvgIpc) is 3.16. The molecule has 3 aromatic carbocycles. The lowest BCUT2D eigenvalue weighted by Gasteiger charge is -2.32. The number of nitrogens with one attached hydrogen (secondary N) is 1. The van der Waals surface area contributed by atoms with Crippen molar-refractivity contribution < 1.29 is 29.0 Å². The number of rotatable bonds is 7. The molecule has 3 heterocycles. The number of ether oxygens (including phenoxy) is 2. The molecule has 0 radical (unpaired) electrons. The summed E-state index contributed by atoms with van der Waals surface area (Å²) in [4.78, 5) is 38.0. The zero-order valence-electron chi connectivity index (χ0n) is 30.5. The molecule has 53 heavy (non-hydrogen) atoms. The molecule has 0 bridgehead atoms. The lowest BCUT2D eigenvalue weighted by atomic mass is 9.96. The van der Waals surface area contributed by atoms with E-state index in [4.69, 9.17) is 49.4 Å². The topological polar surface area (TPSA) is 108 Å². The Hall–Kier alpha value is -3.02. The summed E-state index contributed by atoms with van der Waals surface area (Å²) in [5.74, 6) is -0.727. The molecule has 0 amide bonds. The maximum absolute atomic E-state index is 11.6. The van der Waals surface area contributed by atoms with Crippen LogP contribution in [0.3, 0.4) is 0 Å². The number of carboxylic acids is 1. The number of hydrogen-bond donors (Lipinski definition) is 2. The van der Waals surface area contributed by atoms with Crippen molar-refractivity contribution in [2.75, 3.05) is 62.3 Å². The van der Waals surface area contributed by atoms with Crippen molar-refractivity contribution in [1.29, 1.82) is 0 Å². The molecule has 0 aliphatic carbocycles. The van der Waals surface area contributed by atoms with Crippen molar-refractivity contribution >= 4 is 80.0 Å². The summed E-state index contributed by atoms with van der Waals surface area (Å²) < 4.78 is 11.0. The smallest absolute Gasteiger partial charge is 0.309 e. The number of nitrogens with zero attached hydrogens (tertiary/aromatic N) is 2. The van der Waals surface area contributed by atoms with E-state index in [2.05, 4.69) is 37.1 Å². The highest BCUT2D eigenvalue weighted by atomic mass is 79.9. The van der Waals surface area contributed by atoms with Crippen LogP contribution >= 0.6 is 50.7 Å². The minimum Gasteiger partial charge on any atom is -0.481 e. The van der Waals surface area contributed by atoms with Gasteiger partial charge < -0.3 is 29.7 Å². The number of piperidine rings is 3. The fourth-order valence-corrected chi connectivity index (χ4v) is 7.23. The first kappa shape index (κ1) is 44.4. The third-order valence-corrected chi connectivity index (χ3v) is 10.3. The van der Waals surface area contributed by atoms with Crippen LogP contribution < -0.4 is 15.1 Å². The van der Waals surface area contributed by atoms with Gasteiger partial charge in [0.2, 0.25) is 0 Å². The highest BCUT2D eigenvalue weighted by molar-refractivity contribution is 9.10. The van der Waals surface area contributed by atoms with Gasteiger partial charge in [0.25, 0.3) is 0 Å². The lowest BCUT2D eigenvalue weighted by Crippen LogP contribution is -2.36. The number of esters is 2. The van der Waals surface area contributed by atoms with Gasteiger partial charge in [-0.3, -0.25) is 14.4 Å². The maximum atomic E-state index is 11.6. The summed E-state index contributed by atoms with van der Waals surface area (Å²) in [7, 11) is 0. The fraction of sp³-hybridized carbons (Fsp3) is 0.475. The highest BCUT2D eigenvalue weighted by Crippen LogP contribution is 2.27. The molecule has 0 saturated carbocycles. The first-order valence-corrected chi connectivity index (χ1v) is 20.1. The molecule has 0 atom stereocenters. The number of aliphatic carboxylic acids is 1. The number of carboxylic acid groups (broad SMARTS) is 1. The van der Waals surface area contributed by atoms with Crippen molar-refractivity contribution in [3.63, 3.8) is 0 Å². The fourth-order valence-electron chi connectivity index (χ4n) is 6.14. The molecule has 3 aliphatic heterocycles. The number of benzene rings is 3.